The van der Waals surface area contributed by atoms with Gasteiger partial charge >= 0.3 is 5.97 Å². The van der Waals surface area contributed by atoms with Gasteiger partial charge in [-0.25, -0.2) is 9.78 Å². The Labute approximate surface area is 158 Å². The van der Waals surface area contributed by atoms with Crippen LogP contribution >= 0.6 is 0 Å². The highest BCUT2D eigenvalue weighted by Crippen LogP contribution is 2.32. The van der Waals surface area contributed by atoms with Gasteiger partial charge in [-0.3, -0.25) is 5.32 Å². The molecule has 27 heavy (non-hydrogen) atoms. The first kappa shape index (κ1) is 18.0. The Hall–Kier alpha value is -2.38. The molecule has 1 N–H and O–H groups in total. The van der Waals surface area contributed by atoms with Gasteiger partial charge in [-0.1, -0.05) is 30.3 Å². The second-order valence-electron chi connectivity index (χ2n) is 7.26. The number of carbonyl (C=O) groups excluding carboxylic acids is 1. The fourth-order valence-corrected chi connectivity index (χ4v) is 3.65. The predicted molar refractivity (Wildman–Crippen MR) is 99.7 cm³/mol. The van der Waals surface area contributed by atoms with E-state index in [4.69, 9.17) is 13.9 Å². The van der Waals surface area contributed by atoms with Crippen molar-refractivity contribution in [2.45, 2.75) is 31.8 Å². The summed E-state index contributed by atoms with van der Waals surface area (Å²) in [4.78, 5) is 19.3. The van der Waals surface area contributed by atoms with E-state index in [0.29, 0.717) is 31.6 Å². The van der Waals surface area contributed by atoms with E-state index in [9.17, 15) is 4.79 Å². The van der Waals surface area contributed by atoms with E-state index in [1.165, 1.54) is 5.56 Å². The van der Waals surface area contributed by atoms with Crippen molar-refractivity contribution in [3.8, 4) is 0 Å². The van der Waals surface area contributed by atoms with Gasteiger partial charge in [0.25, 0.3) is 0 Å². The number of nitrogens with zero attached hydrogens (tertiary/aromatic N) is 2. The number of aromatic nitrogens is 1. The lowest BCUT2D eigenvalue weighted by Crippen LogP contribution is -2.59. The van der Waals surface area contributed by atoms with E-state index in [-0.39, 0.29) is 12.0 Å². The molecule has 0 saturated carbocycles. The van der Waals surface area contributed by atoms with Gasteiger partial charge in [-0.05, 0) is 25.8 Å². The Morgan fingerprint density at radius 2 is 2.00 bits per heavy atom. The number of morpholine rings is 2. The molecule has 0 radical (unpaired) electrons. The molecule has 144 valence electrons. The molecule has 0 bridgehead atoms. The zero-order valence-electron chi connectivity index (χ0n) is 15.7. The lowest BCUT2D eigenvalue weighted by molar-refractivity contribution is -0.160. The monoisotopic (exact) mass is 371 g/mol. The van der Waals surface area contributed by atoms with Crippen molar-refractivity contribution in [3.63, 3.8) is 0 Å². The van der Waals surface area contributed by atoms with Crippen molar-refractivity contribution in [1.29, 1.82) is 0 Å². The smallest absolute Gasteiger partial charge is 0.335 e. The third-order valence-corrected chi connectivity index (χ3v) is 5.14. The number of benzene rings is 1. The van der Waals surface area contributed by atoms with E-state index in [0.717, 1.165) is 25.2 Å². The van der Waals surface area contributed by atoms with Crippen molar-refractivity contribution in [2.75, 3.05) is 37.8 Å². The topological polar surface area (TPSA) is 76.8 Å². The van der Waals surface area contributed by atoms with Crippen molar-refractivity contribution in [1.82, 2.24) is 10.3 Å². The molecule has 1 aromatic heterocycles. The number of esters is 1. The first-order chi connectivity index (χ1) is 13.1. The molecule has 0 amide bonds. The Balaban J connectivity index is 1.56. The van der Waals surface area contributed by atoms with Gasteiger partial charge in [-0.2, -0.15) is 0 Å². The van der Waals surface area contributed by atoms with E-state index in [1.807, 2.05) is 25.1 Å². The number of oxazole rings is 1. The predicted octanol–water partition coefficient (Wildman–Crippen LogP) is 1.79. The summed E-state index contributed by atoms with van der Waals surface area (Å²) in [6.45, 7) is 6.83. The minimum Gasteiger partial charge on any atom is -0.462 e. The molecule has 2 fully saturated rings. The van der Waals surface area contributed by atoms with Gasteiger partial charge in [-0.15, -0.1) is 0 Å². The van der Waals surface area contributed by atoms with Crippen LogP contribution in [-0.4, -0.2) is 49.9 Å². The van der Waals surface area contributed by atoms with Crippen LogP contribution in [0.4, 0.5) is 5.88 Å². The molecule has 7 nitrogen and oxygen atoms in total. The SMILES string of the molecule is Cc1nc([C@]2(C)N[C@@H](Cc3ccccc3)COC2=O)oc1N1CCOCC1. The van der Waals surface area contributed by atoms with Crippen LogP contribution in [0.15, 0.2) is 34.7 Å². The first-order valence-electron chi connectivity index (χ1n) is 9.36. The van der Waals surface area contributed by atoms with E-state index in [1.54, 1.807) is 6.92 Å². The van der Waals surface area contributed by atoms with Gasteiger partial charge in [0, 0.05) is 19.1 Å². The maximum Gasteiger partial charge on any atom is 0.335 e. The average molecular weight is 371 g/mol. The number of carbonyl (C=O) groups is 1. The summed E-state index contributed by atoms with van der Waals surface area (Å²) in [6.07, 6.45) is 0.764. The van der Waals surface area contributed by atoms with Gasteiger partial charge in [0.15, 0.2) is 5.54 Å². The quantitative estimate of drug-likeness (QED) is 0.821. The average Bonchev–Trinajstić information content (AvgIpc) is 3.09. The summed E-state index contributed by atoms with van der Waals surface area (Å²) in [6, 6.07) is 10.1. The normalized spacial score (nSPS) is 26.1. The van der Waals surface area contributed by atoms with Crippen LogP contribution in [0, 0.1) is 6.92 Å². The molecule has 1 aromatic carbocycles. The van der Waals surface area contributed by atoms with Crippen LogP contribution in [0.3, 0.4) is 0 Å². The Bertz CT molecular complexity index is 801. The summed E-state index contributed by atoms with van der Waals surface area (Å²) in [5.74, 6) is 0.695. The largest absolute Gasteiger partial charge is 0.462 e. The lowest BCUT2D eigenvalue weighted by atomic mass is 9.96. The number of rotatable bonds is 4. The molecule has 3 heterocycles. The van der Waals surface area contributed by atoms with Crippen molar-refractivity contribution in [3.05, 3.63) is 47.5 Å². The molecule has 2 aromatic rings. The summed E-state index contributed by atoms with van der Waals surface area (Å²) >= 11 is 0. The minimum atomic E-state index is -1.10. The fraction of sp³-hybridized carbons (Fsp3) is 0.500. The summed E-state index contributed by atoms with van der Waals surface area (Å²) in [7, 11) is 0. The van der Waals surface area contributed by atoms with Gasteiger partial charge in [0.05, 0.1) is 13.2 Å². The molecule has 2 atom stereocenters. The fourth-order valence-electron chi connectivity index (χ4n) is 3.65. The zero-order valence-corrected chi connectivity index (χ0v) is 15.7. The van der Waals surface area contributed by atoms with E-state index < -0.39 is 5.54 Å². The summed E-state index contributed by atoms with van der Waals surface area (Å²) in [5.41, 5.74) is 0.855. The van der Waals surface area contributed by atoms with Crippen LogP contribution in [0.25, 0.3) is 0 Å². The molecule has 0 spiro atoms. The number of cyclic esters (lactones) is 1. The highest BCUT2D eigenvalue weighted by molar-refractivity contribution is 5.81. The molecule has 4 rings (SSSR count). The van der Waals surface area contributed by atoms with Crippen LogP contribution in [0.5, 0.6) is 0 Å². The van der Waals surface area contributed by atoms with Gasteiger partial charge < -0.3 is 18.8 Å². The third-order valence-electron chi connectivity index (χ3n) is 5.14. The van der Waals surface area contributed by atoms with Gasteiger partial charge in [0.1, 0.15) is 12.3 Å². The van der Waals surface area contributed by atoms with Crippen LogP contribution < -0.4 is 10.2 Å². The van der Waals surface area contributed by atoms with E-state index >= 15 is 0 Å². The summed E-state index contributed by atoms with van der Waals surface area (Å²) in [5, 5.41) is 3.41. The molecule has 0 aliphatic carbocycles. The van der Waals surface area contributed by atoms with Gasteiger partial charge in [0.2, 0.25) is 11.8 Å². The molecular weight excluding hydrogens is 346 g/mol. The third kappa shape index (κ3) is 3.57. The molecule has 7 heteroatoms. The van der Waals surface area contributed by atoms with Crippen LogP contribution in [0.1, 0.15) is 24.1 Å². The second kappa shape index (κ2) is 7.32. The number of hydrogen-bond acceptors (Lipinski definition) is 7. The molecular formula is C20H25N3O4. The number of nitrogens with one attached hydrogen (secondary N) is 1. The molecule has 2 aliphatic rings. The maximum atomic E-state index is 12.6. The van der Waals surface area contributed by atoms with Crippen molar-refractivity contribution < 1.29 is 18.7 Å². The van der Waals surface area contributed by atoms with Crippen LogP contribution in [-0.2, 0) is 26.2 Å². The first-order valence-corrected chi connectivity index (χ1v) is 9.36. The number of hydrogen-bond donors (Lipinski definition) is 1. The number of aryl methyl sites for hydroxylation is 1. The zero-order chi connectivity index (χ0) is 18.9. The Morgan fingerprint density at radius 3 is 2.74 bits per heavy atom. The van der Waals surface area contributed by atoms with Crippen LogP contribution in [0.2, 0.25) is 0 Å². The minimum absolute atomic E-state index is 0.00542. The van der Waals surface area contributed by atoms with Crippen molar-refractivity contribution in [2.24, 2.45) is 0 Å². The number of ether oxygens (including phenoxy) is 2. The molecule has 0 unspecified atom stereocenters. The van der Waals surface area contributed by atoms with Crippen molar-refractivity contribution >= 4 is 11.9 Å². The Kier molecular flexibility index (Phi) is 4.88. The Morgan fingerprint density at radius 1 is 1.26 bits per heavy atom. The maximum absolute atomic E-state index is 12.6. The molecule has 2 aliphatic heterocycles. The summed E-state index contributed by atoms with van der Waals surface area (Å²) < 4.78 is 17.0. The highest BCUT2D eigenvalue weighted by Gasteiger charge is 2.47. The highest BCUT2D eigenvalue weighted by atomic mass is 16.5. The molecule has 2 saturated heterocycles. The number of anilines is 1. The van der Waals surface area contributed by atoms with E-state index in [2.05, 4.69) is 27.3 Å². The second-order valence-corrected chi connectivity index (χ2v) is 7.26. The lowest BCUT2D eigenvalue weighted by Gasteiger charge is -2.35. The standard InChI is InChI=1S/C20H25N3O4/c1-14-17(23-8-10-25-11-9-23)27-18(21-14)20(2)19(24)26-13-16(22-20)12-15-6-4-3-5-7-15/h3-7,16,22H,8-13H2,1-2H3/t16-,20-/m0/s1.